The van der Waals surface area contributed by atoms with Crippen molar-refractivity contribution in [3.63, 3.8) is 0 Å². The highest BCUT2D eigenvalue weighted by atomic mass is 16.6. The summed E-state index contributed by atoms with van der Waals surface area (Å²) in [6.45, 7) is -0.409. The minimum Gasteiger partial charge on any atom is -0.394 e. The number of hydrogen-bond donors (Lipinski definition) is 3. The molecular formula is C10H11N7O4. The molecule has 0 amide bonds. The molecule has 0 aromatic carbocycles. The molecule has 0 bridgehead atoms. The Morgan fingerprint density at radius 1 is 1.19 bits per heavy atom. The van der Waals surface area contributed by atoms with Crippen LogP contribution >= 0.6 is 0 Å². The first-order valence-corrected chi connectivity index (χ1v) is 6.23. The van der Waals surface area contributed by atoms with Crippen molar-refractivity contribution >= 4 is 16.7 Å². The van der Waals surface area contributed by atoms with E-state index in [0.29, 0.717) is 16.7 Å². The molecule has 0 aliphatic carbocycles. The van der Waals surface area contributed by atoms with Gasteiger partial charge in [-0.05, 0) is 5.21 Å². The van der Waals surface area contributed by atoms with Gasteiger partial charge in [0.15, 0.2) is 17.5 Å². The number of aromatic nitrogens is 7. The Hall–Kier alpha value is -2.21. The minimum atomic E-state index is -1.24. The molecule has 3 aromatic rings. The molecule has 21 heavy (non-hydrogen) atoms. The van der Waals surface area contributed by atoms with E-state index in [1.165, 1.54) is 21.8 Å². The van der Waals surface area contributed by atoms with Crippen LogP contribution in [-0.4, -0.2) is 75.0 Å². The number of aliphatic hydroxyl groups excluding tert-OH is 3. The Labute approximate surface area is 116 Å². The highest BCUT2D eigenvalue weighted by Crippen LogP contribution is 2.31. The maximum Gasteiger partial charge on any atom is 0.190 e. The first kappa shape index (κ1) is 12.5. The second-order valence-electron chi connectivity index (χ2n) is 4.72. The fraction of sp³-hybridized carbons (Fsp3) is 0.500. The Morgan fingerprint density at radius 3 is 2.81 bits per heavy atom. The topological polar surface area (TPSA) is 144 Å². The smallest absolute Gasteiger partial charge is 0.190 e. The predicted octanol–water partition coefficient (Wildman–Crippen LogP) is -2.52. The highest BCUT2D eigenvalue weighted by Gasteiger charge is 2.44. The summed E-state index contributed by atoms with van der Waals surface area (Å²) in [7, 11) is 0. The molecule has 4 rings (SSSR count). The van der Waals surface area contributed by atoms with Crippen LogP contribution in [0.25, 0.3) is 16.7 Å². The van der Waals surface area contributed by atoms with Gasteiger partial charge in [0.05, 0.1) is 18.2 Å². The number of hydrogen-bond acceptors (Lipinski definition) is 9. The second kappa shape index (κ2) is 4.39. The summed E-state index contributed by atoms with van der Waals surface area (Å²) in [6.07, 6.45) is -1.44. The fourth-order valence-corrected chi connectivity index (χ4v) is 2.44. The van der Waals surface area contributed by atoms with Crippen molar-refractivity contribution in [1.29, 1.82) is 0 Å². The molecule has 1 saturated heterocycles. The Balaban J connectivity index is 1.84. The average molecular weight is 293 g/mol. The third-order valence-corrected chi connectivity index (χ3v) is 3.52. The molecule has 3 N–H and O–H groups in total. The lowest BCUT2D eigenvalue weighted by Gasteiger charge is -2.15. The lowest BCUT2D eigenvalue weighted by Crippen LogP contribution is -2.33. The molecule has 0 unspecified atom stereocenters. The van der Waals surface area contributed by atoms with E-state index in [-0.39, 0.29) is 0 Å². The van der Waals surface area contributed by atoms with Crippen LogP contribution in [0.2, 0.25) is 0 Å². The van der Waals surface area contributed by atoms with Crippen LogP contribution in [-0.2, 0) is 4.74 Å². The minimum absolute atomic E-state index is 0.338. The van der Waals surface area contributed by atoms with E-state index in [1.807, 2.05) is 0 Å². The van der Waals surface area contributed by atoms with Gasteiger partial charge in [-0.2, -0.15) is 5.10 Å². The van der Waals surface area contributed by atoms with Crippen molar-refractivity contribution in [3.05, 3.63) is 12.5 Å². The van der Waals surface area contributed by atoms with E-state index in [2.05, 4.69) is 25.5 Å². The van der Waals surface area contributed by atoms with Gasteiger partial charge >= 0.3 is 0 Å². The number of fused-ring (bicyclic) bond motifs is 3. The molecule has 110 valence electrons. The summed E-state index contributed by atoms with van der Waals surface area (Å²) >= 11 is 0. The van der Waals surface area contributed by atoms with Gasteiger partial charge in [-0.1, -0.05) is 0 Å². The quantitative estimate of drug-likeness (QED) is 0.466. The molecule has 4 atom stereocenters. The first-order valence-electron chi connectivity index (χ1n) is 6.23. The Bertz CT molecular complexity index is 801. The molecular weight excluding hydrogens is 282 g/mol. The van der Waals surface area contributed by atoms with Gasteiger partial charge < -0.3 is 20.1 Å². The number of aliphatic hydroxyl groups is 3. The van der Waals surface area contributed by atoms with Crippen LogP contribution in [0.4, 0.5) is 0 Å². The van der Waals surface area contributed by atoms with Crippen LogP contribution < -0.4 is 0 Å². The van der Waals surface area contributed by atoms with Gasteiger partial charge in [0.1, 0.15) is 24.6 Å². The second-order valence-corrected chi connectivity index (χ2v) is 4.72. The standard InChI is InChI=1S/C10H11N7O4/c18-2-5-6(19)7(20)10(21-5)16-9-4(1-12-16)8-11-3-13-17(8)15-14-9/h1,3,5-7,10,18-20H,2H2/t5-,6-,7-,10-/m1/s1. The van der Waals surface area contributed by atoms with E-state index in [9.17, 15) is 10.2 Å². The number of ether oxygens (including phenoxy) is 1. The molecule has 0 spiro atoms. The van der Waals surface area contributed by atoms with Crippen molar-refractivity contribution in [2.24, 2.45) is 0 Å². The number of rotatable bonds is 2. The zero-order valence-electron chi connectivity index (χ0n) is 10.6. The van der Waals surface area contributed by atoms with E-state index >= 15 is 0 Å². The molecule has 3 aromatic heterocycles. The average Bonchev–Trinajstić information content (AvgIpc) is 3.17. The molecule has 1 aliphatic heterocycles. The van der Waals surface area contributed by atoms with Crippen molar-refractivity contribution in [3.8, 4) is 0 Å². The first-order chi connectivity index (χ1) is 10.2. The van der Waals surface area contributed by atoms with Crippen molar-refractivity contribution in [1.82, 2.24) is 34.8 Å². The molecule has 0 radical (unpaired) electrons. The van der Waals surface area contributed by atoms with Crippen molar-refractivity contribution in [2.75, 3.05) is 6.61 Å². The number of nitrogens with zero attached hydrogens (tertiary/aromatic N) is 7. The zero-order chi connectivity index (χ0) is 14.6. The Morgan fingerprint density at radius 2 is 2.05 bits per heavy atom. The van der Waals surface area contributed by atoms with Crippen LogP contribution in [0.1, 0.15) is 6.23 Å². The van der Waals surface area contributed by atoms with Crippen LogP contribution in [0, 0.1) is 0 Å². The molecule has 0 saturated carbocycles. The third kappa shape index (κ3) is 1.65. The lowest BCUT2D eigenvalue weighted by atomic mass is 10.1. The van der Waals surface area contributed by atoms with Crippen molar-refractivity contribution in [2.45, 2.75) is 24.5 Å². The molecule has 1 fully saturated rings. The van der Waals surface area contributed by atoms with Crippen LogP contribution in [0.3, 0.4) is 0 Å². The fourth-order valence-electron chi connectivity index (χ4n) is 2.44. The summed E-state index contributed by atoms with van der Waals surface area (Å²) in [4.78, 5) is 4.06. The van der Waals surface area contributed by atoms with Gasteiger partial charge in [-0.15, -0.1) is 14.8 Å². The van der Waals surface area contributed by atoms with E-state index in [1.54, 1.807) is 0 Å². The van der Waals surface area contributed by atoms with Gasteiger partial charge in [-0.3, -0.25) is 0 Å². The molecule has 11 nitrogen and oxygen atoms in total. The Kier molecular flexibility index (Phi) is 2.62. The maximum absolute atomic E-state index is 10.0. The highest BCUT2D eigenvalue weighted by molar-refractivity contribution is 5.87. The molecule has 4 heterocycles. The molecule has 1 aliphatic rings. The van der Waals surface area contributed by atoms with Gasteiger partial charge in [0.2, 0.25) is 0 Å². The third-order valence-electron chi connectivity index (χ3n) is 3.52. The summed E-state index contributed by atoms with van der Waals surface area (Å²) < 4.78 is 7.98. The van der Waals surface area contributed by atoms with Gasteiger partial charge in [-0.25, -0.2) is 9.67 Å². The van der Waals surface area contributed by atoms with Crippen LogP contribution in [0.15, 0.2) is 12.5 Å². The predicted molar refractivity (Wildman–Crippen MR) is 64.9 cm³/mol. The summed E-state index contributed by atoms with van der Waals surface area (Å²) in [5.74, 6) is 0. The van der Waals surface area contributed by atoms with Crippen molar-refractivity contribution < 1.29 is 20.1 Å². The largest absolute Gasteiger partial charge is 0.394 e. The SMILES string of the molecule is OC[C@H]1O[C@@H](n2ncc3c2nnn2ncnc32)[C@H](O)[C@@H]1O. The van der Waals surface area contributed by atoms with E-state index in [4.69, 9.17) is 9.84 Å². The summed E-state index contributed by atoms with van der Waals surface area (Å²) in [5, 5.41) is 45.3. The molecule has 11 heteroatoms. The van der Waals surface area contributed by atoms with Crippen LogP contribution in [0.5, 0.6) is 0 Å². The van der Waals surface area contributed by atoms with Gasteiger partial charge in [0.25, 0.3) is 0 Å². The summed E-state index contributed by atoms with van der Waals surface area (Å²) in [6, 6.07) is 0. The normalized spacial score (nSPS) is 29.7. The van der Waals surface area contributed by atoms with E-state index < -0.39 is 31.1 Å². The monoisotopic (exact) mass is 293 g/mol. The zero-order valence-corrected chi connectivity index (χ0v) is 10.6. The van der Waals surface area contributed by atoms with E-state index in [0.717, 1.165) is 0 Å². The summed E-state index contributed by atoms with van der Waals surface area (Å²) in [5.41, 5.74) is 0.809. The van der Waals surface area contributed by atoms with Gasteiger partial charge in [0, 0.05) is 0 Å². The lowest BCUT2D eigenvalue weighted by molar-refractivity contribution is -0.0567. The maximum atomic E-state index is 10.0.